The van der Waals surface area contributed by atoms with Crippen LogP contribution in [0, 0.1) is 12.8 Å². The molecular formula is C11H14BrNO. The van der Waals surface area contributed by atoms with E-state index in [9.17, 15) is 4.79 Å². The molecule has 0 aromatic heterocycles. The highest BCUT2D eigenvalue weighted by molar-refractivity contribution is 9.10. The average molecular weight is 256 g/mol. The molecule has 0 fully saturated rings. The maximum Gasteiger partial charge on any atom is 0.226 e. The predicted octanol–water partition coefficient (Wildman–Crippen LogP) is 3.35. The number of hydrogen-bond donors (Lipinski definition) is 1. The van der Waals surface area contributed by atoms with Crippen molar-refractivity contribution in [2.45, 2.75) is 20.8 Å². The Balaban J connectivity index is 2.86. The van der Waals surface area contributed by atoms with Crippen LogP contribution >= 0.6 is 15.9 Å². The molecule has 0 aliphatic carbocycles. The van der Waals surface area contributed by atoms with Gasteiger partial charge >= 0.3 is 0 Å². The van der Waals surface area contributed by atoms with Crippen molar-refractivity contribution in [2.75, 3.05) is 5.32 Å². The first-order valence-electron chi connectivity index (χ1n) is 4.57. The zero-order chi connectivity index (χ0) is 10.7. The summed E-state index contributed by atoms with van der Waals surface area (Å²) in [6.45, 7) is 5.73. The Morgan fingerprint density at radius 1 is 1.43 bits per heavy atom. The fourth-order valence-electron chi connectivity index (χ4n) is 1.01. The molecule has 0 radical (unpaired) electrons. The monoisotopic (exact) mass is 255 g/mol. The predicted molar refractivity (Wildman–Crippen MR) is 62.3 cm³/mol. The zero-order valence-electron chi connectivity index (χ0n) is 8.60. The fraction of sp³-hybridized carbons (Fsp3) is 0.364. The molecule has 0 bridgehead atoms. The Kier molecular flexibility index (Phi) is 3.69. The quantitative estimate of drug-likeness (QED) is 0.863. The van der Waals surface area contributed by atoms with Crippen LogP contribution in [0.5, 0.6) is 0 Å². The molecule has 1 amide bonds. The van der Waals surface area contributed by atoms with Crippen LogP contribution < -0.4 is 5.32 Å². The van der Waals surface area contributed by atoms with Gasteiger partial charge in [0.15, 0.2) is 0 Å². The second-order valence-corrected chi connectivity index (χ2v) is 4.52. The number of aryl methyl sites for hydroxylation is 1. The van der Waals surface area contributed by atoms with Crippen LogP contribution in [-0.4, -0.2) is 5.91 Å². The third-order valence-electron chi connectivity index (χ3n) is 1.98. The minimum atomic E-state index is 0.00776. The van der Waals surface area contributed by atoms with E-state index >= 15 is 0 Å². The van der Waals surface area contributed by atoms with Crippen LogP contribution in [0.3, 0.4) is 0 Å². The van der Waals surface area contributed by atoms with Gasteiger partial charge in [0, 0.05) is 16.1 Å². The molecule has 0 saturated carbocycles. The van der Waals surface area contributed by atoms with Gasteiger partial charge in [0.05, 0.1) is 0 Å². The number of carbonyl (C=O) groups excluding carboxylic acids is 1. The smallest absolute Gasteiger partial charge is 0.226 e. The summed E-state index contributed by atoms with van der Waals surface area (Å²) in [4.78, 5) is 11.4. The van der Waals surface area contributed by atoms with Gasteiger partial charge in [0.2, 0.25) is 5.91 Å². The van der Waals surface area contributed by atoms with Crippen molar-refractivity contribution in [1.29, 1.82) is 0 Å². The SMILES string of the molecule is Cc1ccc(Br)cc1NC(=O)C(C)C. The maximum atomic E-state index is 11.4. The Bertz CT molecular complexity index is 347. The topological polar surface area (TPSA) is 29.1 Å². The number of nitrogens with one attached hydrogen (secondary N) is 1. The molecule has 0 aliphatic heterocycles. The van der Waals surface area contributed by atoms with Crippen LogP contribution in [0.15, 0.2) is 22.7 Å². The third kappa shape index (κ3) is 2.84. The van der Waals surface area contributed by atoms with E-state index in [2.05, 4.69) is 21.2 Å². The van der Waals surface area contributed by atoms with E-state index in [1.54, 1.807) is 0 Å². The highest BCUT2D eigenvalue weighted by Gasteiger charge is 2.08. The summed E-state index contributed by atoms with van der Waals surface area (Å²) in [5.74, 6) is 0.0552. The molecule has 0 unspecified atom stereocenters. The summed E-state index contributed by atoms with van der Waals surface area (Å²) >= 11 is 3.37. The Hall–Kier alpha value is -0.830. The molecule has 14 heavy (non-hydrogen) atoms. The molecule has 2 nitrogen and oxygen atoms in total. The highest BCUT2D eigenvalue weighted by Crippen LogP contribution is 2.20. The molecule has 1 aromatic rings. The summed E-state index contributed by atoms with van der Waals surface area (Å²) in [5.41, 5.74) is 1.94. The number of anilines is 1. The van der Waals surface area contributed by atoms with Gasteiger partial charge in [-0.3, -0.25) is 4.79 Å². The largest absolute Gasteiger partial charge is 0.326 e. The normalized spacial score (nSPS) is 10.4. The number of amides is 1. The van der Waals surface area contributed by atoms with Gasteiger partial charge in [-0.1, -0.05) is 35.8 Å². The fourth-order valence-corrected chi connectivity index (χ4v) is 1.37. The van der Waals surface area contributed by atoms with Crippen molar-refractivity contribution in [3.05, 3.63) is 28.2 Å². The van der Waals surface area contributed by atoms with Gasteiger partial charge in [0.1, 0.15) is 0 Å². The van der Waals surface area contributed by atoms with E-state index in [4.69, 9.17) is 0 Å². The van der Waals surface area contributed by atoms with Crippen molar-refractivity contribution in [3.8, 4) is 0 Å². The summed E-state index contributed by atoms with van der Waals surface area (Å²) in [5, 5.41) is 2.88. The molecule has 1 aromatic carbocycles. The van der Waals surface area contributed by atoms with E-state index in [1.807, 2.05) is 39.0 Å². The van der Waals surface area contributed by atoms with Gasteiger partial charge in [-0.2, -0.15) is 0 Å². The minimum Gasteiger partial charge on any atom is -0.326 e. The molecule has 0 atom stereocenters. The van der Waals surface area contributed by atoms with Gasteiger partial charge in [-0.05, 0) is 24.6 Å². The summed E-state index contributed by atoms with van der Waals surface area (Å²) < 4.78 is 0.974. The van der Waals surface area contributed by atoms with Crippen molar-refractivity contribution in [2.24, 2.45) is 5.92 Å². The number of hydrogen-bond acceptors (Lipinski definition) is 1. The average Bonchev–Trinajstić information content (AvgIpc) is 2.11. The molecule has 1 rings (SSSR count). The number of rotatable bonds is 2. The van der Waals surface area contributed by atoms with Crippen molar-refractivity contribution in [3.63, 3.8) is 0 Å². The third-order valence-corrected chi connectivity index (χ3v) is 2.48. The molecular weight excluding hydrogens is 242 g/mol. The lowest BCUT2D eigenvalue weighted by atomic mass is 10.1. The highest BCUT2D eigenvalue weighted by atomic mass is 79.9. The standard InChI is InChI=1S/C11H14BrNO/c1-7(2)11(14)13-10-6-9(12)5-4-8(10)3/h4-7H,1-3H3,(H,13,14). The number of carbonyl (C=O) groups is 1. The second kappa shape index (κ2) is 4.60. The first kappa shape index (κ1) is 11.2. The molecule has 0 spiro atoms. The van der Waals surface area contributed by atoms with Crippen LogP contribution in [-0.2, 0) is 4.79 Å². The molecule has 0 saturated heterocycles. The molecule has 0 heterocycles. The van der Waals surface area contributed by atoms with Crippen molar-refractivity contribution in [1.82, 2.24) is 0 Å². The van der Waals surface area contributed by atoms with Gasteiger partial charge in [-0.25, -0.2) is 0 Å². The number of benzene rings is 1. The van der Waals surface area contributed by atoms with Crippen molar-refractivity contribution < 1.29 is 4.79 Å². The first-order chi connectivity index (χ1) is 6.50. The van der Waals surface area contributed by atoms with Crippen LogP contribution in [0.25, 0.3) is 0 Å². The Morgan fingerprint density at radius 2 is 2.07 bits per heavy atom. The van der Waals surface area contributed by atoms with Gasteiger partial charge in [0.25, 0.3) is 0 Å². The van der Waals surface area contributed by atoms with E-state index in [1.165, 1.54) is 0 Å². The van der Waals surface area contributed by atoms with Crippen LogP contribution in [0.2, 0.25) is 0 Å². The van der Waals surface area contributed by atoms with Gasteiger partial charge < -0.3 is 5.32 Å². The van der Waals surface area contributed by atoms with E-state index in [0.717, 1.165) is 15.7 Å². The van der Waals surface area contributed by atoms with Crippen LogP contribution in [0.4, 0.5) is 5.69 Å². The zero-order valence-corrected chi connectivity index (χ0v) is 10.2. The molecule has 0 aliphatic rings. The maximum absolute atomic E-state index is 11.4. The lowest BCUT2D eigenvalue weighted by molar-refractivity contribution is -0.118. The first-order valence-corrected chi connectivity index (χ1v) is 5.37. The van der Waals surface area contributed by atoms with Crippen molar-refractivity contribution >= 4 is 27.5 Å². The summed E-state index contributed by atoms with van der Waals surface area (Å²) in [7, 11) is 0. The van der Waals surface area contributed by atoms with E-state index in [-0.39, 0.29) is 11.8 Å². The summed E-state index contributed by atoms with van der Waals surface area (Å²) in [6.07, 6.45) is 0. The van der Waals surface area contributed by atoms with E-state index < -0.39 is 0 Å². The lowest BCUT2D eigenvalue weighted by Crippen LogP contribution is -2.18. The minimum absolute atomic E-state index is 0.00776. The van der Waals surface area contributed by atoms with Crippen LogP contribution in [0.1, 0.15) is 19.4 Å². The molecule has 76 valence electrons. The van der Waals surface area contributed by atoms with Gasteiger partial charge in [-0.15, -0.1) is 0 Å². The second-order valence-electron chi connectivity index (χ2n) is 3.60. The molecule has 1 N–H and O–H groups in total. The number of halogens is 1. The lowest BCUT2D eigenvalue weighted by Gasteiger charge is -2.10. The Morgan fingerprint density at radius 3 is 2.64 bits per heavy atom. The summed E-state index contributed by atoms with van der Waals surface area (Å²) in [6, 6.07) is 5.84. The Labute approximate surface area is 92.8 Å². The molecule has 3 heteroatoms. The van der Waals surface area contributed by atoms with E-state index in [0.29, 0.717) is 0 Å².